The van der Waals surface area contributed by atoms with Crippen molar-refractivity contribution in [1.29, 1.82) is 0 Å². The highest BCUT2D eigenvalue weighted by atomic mass is 16.3. The highest BCUT2D eigenvalue weighted by Crippen LogP contribution is 2.11. The van der Waals surface area contributed by atoms with Crippen LogP contribution in [0.1, 0.15) is 44.0 Å². The molecule has 3 heteroatoms. The number of aromatic nitrogens is 1. The second kappa shape index (κ2) is 9.05. The molecule has 0 radical (unpaired) electrons. The maximum Gasteiger partial charge on any atom is 0.118 e. The number of hydrogen-bond acceptors (Lipinski definition) is 1. The average Bonchev–Trinajstić information content (AvgIpc) is 2.93. The van der Waals surface area contributed by atoms with Crippen LogP contribution >= 0.6 is 0 Å². The van der Waals surface area contributed by atoms with Gasteiger partial charge in [-0.05, 0) is 49.4 Å². The number of quaternary nitrogens is 1. The van der Waals surface area contributed by atoms with E-state index >= 15 is 0 Å². The second-order valence-electron chi connectivity index (χ2n) is 7.47. The molecule has 0 aliphatic rings. The van der Waals surface area contributed by atoms with E-state index in [2.05, 4.69) is 67.9 Å². The lowest BCUT2D eigenvalue weighted by molar-refractivity contribution is -0.917. The first kappa shape index (κ1) is 18.8. The zero-order valence-corrected chi connectivity index (χ0v) is 15.6. The van der Waals surface area contributed by atoms with Crippen LogP contribution in [0.5, 0.6) is 0 Å². The monoisotopic (exact) mass is 329 g/mol. The van der Waals surface area contributed by atoms with E-state index in [1.54, 1.807) is 0 Å². The molecule has 0 aliphatic heterocycles. The highest BCUT2D eigenvalue weighted by molar-refractivity contribution is 5.26. The third-order valence-corrected chi connectivity index (χ3v) is 4.62. The van der Waals surface area contributed by atoms with Gasteiger partial charge in [-0.15, -0.1) is 0 Å². The number of aryl methyl sites for hydroxylation is 1. The Morgan fingerprint density at radius 3 is 2.50 bits per heavy atom. The molecule has 132 valence electrons. The zero-order valence-electron chi connectivity index (χ0n) is 15.6. The molecule has 2 atom stereocenters. The van der Waals surface area contributed by atoms with Crippen LogP contribution in [0.15, 0.2) is 42.6 Å². The molecule has 1 heterocycles. The van der Waals surface area contributed by atoms with Gasteiger partial charge >= 0.3 is 0 Å². The van der Waals surface area contributed by atoms with Gasteiger partial charge in [-0.2, -0.15) is 0 Å². The molecule has 2 N–H and O–H groups in total. The van der Waals surface area contributed by atoms with Gasteiger partial charge in [0.15, 0.2) is 0 Å². The van der Waals surface area contributed by atoms with Crippen molar-refractivity contribution in [2.75, 3.05) is 13.1 Å². The lowest BCUT2D eigenvalue weighted by Gasteiger charge is -2.23. The zero-order chi connectivity index (χ0) is 17.5. The van der Waals surface area contributed by atoms with Gasteiger partial charge in [0.2, 0.25) is 0 Å². The number of aliphatic hydroxyl groups is 1. The molecule has 0 spiro atoms. The molecule has 1 unspecified atom stereocenters. The molecular weight excluding hydrogens is 296 g/mol. The lowest BCUT2D eigenvalue weighted by atomic mass is 10.1. The normalized spacial score (nSPS) is 14.1. The molecular formula is C21H33N2O+. The molecule has 0 saturated carbocycles. The van der Waals surface area contributed by atoms with E-state index in [-0.39, 0.29) is 6.10 Å². The van der Waals surface area contributed by atoms with Gasteiger partial charge in [-0.25, -0.2) is 0 Å². The summed E-state index contributed by atoms with van der Waals surface area (Å²) in [7, 11) is 0. The van der Waals surface area contributed by atoms with Gasteiger partial charge in [-0.1, -0.05) is 38.1 Å². The van der Waals surface area contributed by atoms with Crippen LogP contribution in [0.4, 0.5) is 0 Å². The third kappa shape index (κ3) is 5.81. The first-order chi connectivity index (χ1) is 11.5. The maximum atomic E-state index is 9.83. The number of benzene rings is 1. The fourth-order valence-corrected chi connectivity index (χ4v) is 3.16. The summed E-state index contributed by atoms with van der Waals surface area (Å²) >= 11 is 0. The van der Waals surface area contributed by atoms with E-state index in [4.69, 9.17) is 0 Å². The average molecular weight is 330 g/mol. The standard InChI is InChI=1S/C21H32N2O/c1-17(2)11-13-22(14-19(4)24)16-21-10-7-12-23(21)15-20-9-6-5-8-18(20)3/h5-10,12,17,19,24H,11,13-16H2,1-4H3/p+1/t19-/m1/s1. The summed E-state index contributed by atoms with van der Waals surface area (Å²) in [5, 5.41) is 9.83. The SMILES string of the molecule is Cc1ccccc1Cn1cccc1C[NH+](CCC(C)C)C[C@@H](C)O. The first-order valence-corrected chi connectivity index (χ1v) is 9.16. The fraction of sp³-hybridized carbons (Fsp3) is 0.524. The van der Waals surface area contributed by atoms with Gasteiger partial charge in [0.25, 0.3) is 0 Å². The molecule has 0 aliphatic carbocycles. The molecule has 2 rings (SSSR count). The minimum atomic E-state index is -0.257. The van der Waals surface area contributed by atoms with Crippen molar-refractivity contribution in [3.05, 3.63) is 59.4 Å². The maximum absolute atomic E-state index is 9.83. The molecule has 24 heavy (non-hydrogen) atoms. The molecule has 0 bridgehead atoms. The van der Waals surface area contributed by atoms with Crippen molar-refractivity contribution < 1.29 is 10.0 Å². The highest BCUT2D eigenvalue weighted by Gasteiger charge is 2.15. The Morgan fingerprint density at radius 1 is 1.08 bits per heavy atom. The fourth-order valence-electron chi connectivity index (χ4n) is 3.16. The lowest BCUT2D eigenvalue weighted by Crippen LogP contribution is -3.12. The Morgan fingerprint density at radius 2 is 1.83 bits per heavy atom. The Balaban J connectivity index is 2.08. The van der Waals surface area contributed by atoms with Crippen molar-refractivity contribution in [3.63, 3.8) is 0 Å². The Labute approximate surface area is 146 Å². The quantitative estimate of drug-likeness (QED) is 0.728. The molecule has 0 fully saturated rings. The summed E-state index contributed by atoms with van der Waals surface area (Å²) in [6, 6.07) is 12.9. The largest absolute Gasteiger partial charge is 0.388 e. The smallest absolute Gasteiger partial charge is 0.118 e. The number of rotatable bonds is 9. The number of aliphatic hydroxyl groups excluding tert-OH is 1. The molecule has 1 aromatic heterocycles. The van der Waals surface area contributed by atoms with E-state index in [0.29, 0.717) is 5.92 Å². The van der Waals surface area contributed by atoms with Crippen LogP contribution in [0.2, 0.25) is 0 Å². The van der Waals surface area contributed by atoms with Gasteiger partial charge in [-0.3, -0.25) is 0 Å². The summed E-state index contributed by atoms with van der Waals surface area (Å²) in [6.45, 7) is 12.4. The van der Waals surface area contributed by atoms with E-state index in [0.717, 1.165) is 26.2 Å². The van der Waals surface area contributed by atoms with Crippen LogP contribution in [-0.4, -0.2) is 28.9 Å². The van der Waals surface area contributed by atoms with Crippen molar-refractivity contribution in [2.24, 2.45) is 5.92 Å². The van der Waals surface area contributed by atoms with E-state index in [1.165, 1.54) is 28.1 Å². The van der Waals surface area contributed by atoms with Crippen molar-refractivity contribution in [2.45, 2.75) is 53.3 Å². The summed E-state index contributed by atoms with van der Waals surface area (Å²) < 4.78 is 2.35. The van der Waals surface area contributed by atoms with Crippen molar-refractivity contribution >= 4 is 0 Å². The van der Waals surface area contributed by atoms with E-state index < -0.39 is 0 Å². The summed E-state index contributed by atoms with van der Waals surface area (Å²) in [4.78, 5) is 1.46. The third-order valence-electron chi connectivity index (χ3n) is 4.62. The van der Waals surface area contributed by atoms with E-state index in [9.17, 15) is 5.11 Å². The van der Waals surface area contributed by atoms with Crippen LogP contribution in [0.25, 0.3) is 0 Å². The molecule has 0 saturated heterocycles. The molecule has 0 amide bonds. The van der Waals surface area contributed by atoms with Gasteiger partial charge < -0.3 is 14.6 Å². The number of nitrogens with zero attached hydrogens (tertiary/aromatic N) is 1. The van der Waals surface area contributed by atoms with Crippen LogP contribution in [0, 0.1) is 12.8 Å². The second-order valence-corrected chi connectivity index (χ2v) is 7.47. The number of nitrogens with one attached hydrogen (secondary N) is 1. The molecule has 2 aromatic rings. The van der Waals surface area contributed by atoms with Crippen LogP contribution < -0.4 is 4.90 Å². The Kier molecular flexibility index (Phi) is 7.07. The number of hydrogen-bond donors (Lipinski definition) is 2. The molecule has 1 aromatic carbocycles. The minimum absolute atomic E-state index is 0.257. The van der Waals surface area contributed by atoms with Gasteiger partial charge in [0.1, 0.15) is 19.2 Å². The van der Waals surface area contributed by atoms with Gasteiger partial charge in [0.05, 0.1) is 12.2 Å². The summed E-state index contributed by atoms with van der Waals surface area (Å²) in [5.41, 5.74) is 4.05. The molecule has 3 nitrogen and oxygen atoms in total. The topological polar surface area (TPSA) is 29.6 Å². The minimum Gasteiger partial charge on any atom is -0.388 e. The predicted molar refractivity (Wildman–Crippen MR) is 100 cm³/mol. The first-order valence-electron chi connectivity index (χ1n) is 9.16. The Bertz CT molecular complexity index is 616. The van der Waals surface area contributed by atoms with Crippen LogP contribution in [-0.2, 0) is 13.1 Å². The van der Waals surface area contributed by atoms with E-state index in [1.807, 2.05) is 6.92 Å². The van der Waals surface area contributed by atoms with Gasteiger partial charge in [0, 0.05) is 12.7 Å². The summed E-state index contributed by atoms with van der Waals surface area (Å²) in [6.07, 6.45) is 3.11. The Hall–Kier alpha value is -1.58. The van der Waals surface area contributed by atoms with Crippen LogP contribution in [0.3, 0.4) is 0 Å². The van der Waals surface area contributed by atoms with Crippen molar-refractivity contribution in [1.82, 2.24) is 4.57 Å². The predicted octanol–water partition coefficient (Wildman–Crippen LogP) is 2.66. The summed E-state index contributed by atoms with van der Waals surface area (Å²) in [5.74, 6) is 0.702. The van der Waals surface area contributed by atoms with Crippen molar-refractivity contribution in [3.8, 4) is 0 Å².